The van der Waals surface area contributed by atoms with E-state index in [2.05, 4.69) is 10.6 Å². The number of aliphatic hydroxyl groups excluding tert-OH is 1. The van der Waals surface area contributed by atoms with Gasteiger partial charge in [0.1, 0.15) is 5.75 Å². The molecule has 2 amide bonds. The van der Waals surface area contributed by atoms with Gasteiger partial charge in [-0.1, -0.05) is 6.07 Å². The van der Waals surface area contributed by atoms with E-state index in [1.807, 2.05) is 19.1 Å². The van der Waals surface area contributed by atoms with Crippen molar-refractivity contribution in [2.75, 3.05) is 11.9 Å². The Morgan fingerprint density at radius 1 is 1.55 bits per heavy atom. The highest BCUT2D eigenvalue weighted by atomic mass is 16.5. The molecule has 1 aromatic carbocycles. The molecule has 6 heteroatoms. The summed E-state index contributed by atoms with van der Waals surface area (Å²) in [6, 6.07) is 5.46. The van der Waals surface area contributed by atoms with Crippen LogP contribution in [0.25, 0.3) is 0 Å². The molecule has 0 saturated heterocycles. The van der Waals surface area contributed by atoms with Gasteiger partial charge >= 0.3 is 0 Å². The van der Waals surface area contributed by atoms with Gasteiger partial charge in [0.05, 0.1) is 18.2 Å². The lowest BCUT2D eigenvalue weighted by molar-refractivity contribution is -0.130. The Morgan fingerprint density at radius 2 is 2.30 bits per heavy atom. The normalized spacial score (nSPS) is 18.6. The minimum absolute atomic E-state index is 0.0775. The molecule has 0 fully saturated rings. The fourth-order valence-corrected chi connectivity index (χ4v) is 1.90. The van der Waals surface area contributed by atoms with Gasteiger partial charge in [-0.25, -0.2) is 0 Å². The van der Waals surface area contributed by atoms with Gasteiger partial charge in [-0.2, -0.15) is 0 Å². The van der Waals surface area contributed by atoms with E-state index in [4.69, 9.17) is 9.84 Å². The Labute approximate surface area is 117 Å². The van der Waals surface area contributed by atoms with Gasteiger partial charge in [0.2, 0.25) is 5.91 Å². The monoisotopic (exact) mass is 278 g/mol. The number of ether oxygens (including phenoxy) is 1. The van der Waals surface area contributed by atoms with E-state index in [-0.39, 0.29) is 24.8 Å². The van der Waals surface area contributed by atoms with Gasteiger partial charge in [-0.3, -0.25) is 9.59 Å². The van der Waals surface area contributed by atoms with Gasteiger partial charge in [-0.15, -0.1) is 0 Å². The van der Waals surface area contributed by atoms with Crippen LogP contribution in [0.4, 0.5) is 5.69 Å². The van der Waals surface area contributed by atoms with E-state index in [1.54, 1.807) is 13.0 Å². The summed E-state index contributed by atoms with van der Waals surface area (Å²) in [7, 11) is 0. The van der Waals surface area contributed by atoms with Crippen LogP contribution in [0.5, 0.6) is 5.75 Å². The van der Waals surface area contributed by atoms with E-state index in [9.17, 15) is 9.59 Å². The molecule has 6 nitrogen and oxygen atoms in total. The minimum atomic E-state index is -0.848. The Morgan fingerprint density at radius 3 is 3.00 bits per heavy atom. The number of nitrogens with one attached hydrogen (secondary N) is 2. The molecule has 2 unspecified atom stereocenters. The summed E-state index contributed by atoms with van der Waals surface area (Å²) in [4.78, 5) is 23.5. The molecule has 2 rings (SSSR count). The molecule has 3 N–H and O–H groups in total. The Kier molecular flexibility index (Phi) is 4.24. The Balaban J connectivity index is 1.99. The zero-order valence-corrected chi connectivity index (χ0v) is 11.5. The summed E-state index contributed by atoms with van der Waals surface area (Å²) in [6.45, 7) is 3.65. The summed E-state index contributed by atoms with van der Waals surface area (Å²) >= 11 is 0. The van der Waals surface area contributed by atoms with Crippen LogP contribution >= 0.6 is 0 Å². The largest absolute Gasteiger partial charge is 0.478 e. The molecule has 0 spiro atoms. The first-order valence-corrected chi connectivity index (χ1v) is 6.48. The zero-order chi connectivity index (χ0) is 14.7. The van der Waals surface area contributed by atoms with Gasteiger partial charge in [0.25, 0.3) is 5.91 Å². The van der Waals surface area contributed by atoms with Crippen LogP contribution < -0.4 is 15.4 Å². The van der Waals surface area contributed by atoms with Gasteiger partial charge in [-0.05, 0) is 31.5 Å². The second-order valence-electron chi connectivity index (χ2n) is 4.95. The lowest BCUT2D eigenvalue weighted by atomic mass is 10.1. The van der Waals surface area contributed by atoms with Gasteiger partial charge in [0.15, 0.2) is 6.10 Å². The number of fused-ring (bicyclic) bond motifs is 1. The molecule has 2 atom stereocenters. The second kappa shape index (κ2) is 5.92. The van der Waals surface area contributed by atoms with Crippen LogP contribution in [0.1, 0.15) is 18.9 Å². The SMILES string of the molecule is Cc1ccc2c(c1)NC(=O)C(CC(=O)NCC(C)O)O2. The maximum absolute atomic E-state index is 11.9. The quantitative estimate of drug-likeness (QED) is 0.752. The molecule has 1 heterocycles. The predicted octanol–water partition coefficient (Wildman–Crippen LogP) is 0.582. The third-order valence-electron chi connectivity index (χ3n) is 2.92. The van der Waals surface area contributed by atoms with Crippen LogP contribution in [0, 0.1) is 6.92 Å². The molecular formula is C14H18N2O4. The topological polar surface area (TPSA) is 87.7 Å². The third-order valence-corrected chi connectivity index (χ3v) is 2.92. The van der Waals surface area contributed by atoms with Crippen LogP contribution in [0.3, 0.4) is 0 Å². The van der Waals surface area contributed by atoms with Crippen molar-refractivity contribution in [3.05, 3.63) is 23.8 Å². The number of amides is 2. The number of carbonyl (C=O) groups excluding carboxylic acids is 2. The molecule has 0 aliphatic carbocycles. The van der Waals surface area contributed by atoms with Gasteiger partial charge < -0.3 is 20.5 Å². The molecule has 1 aliphatic heterocycles. The maximum atomic E-state index is 11.9. The minimum Gasteiger partial charge on any atom is -0.478 e. The molecule has 0 bridgehead atoms. The summed E-state index contributed by atoms with van der Waals surface area (Å²) in [5, 5.41) is 14.4. The van der Waals surface area contributed by atoms with Crippen LogP contribution in [-0.4, -0.2) is 35.7 Å². The van der Waals surface area contributed by atoms with Crippen molar-refractivity contribution in [1.82, 2.24) is 5.32 Å². The number of hydrogen-bond donors (Lipinski definition) is 3. The predicted molar refractivity (Wildman–Crippen MR) is 73.5 cm³/mol. The number of aryl methyl sites for hydroxylation is 1. The lowest BCUT2D eigenvalue weighted by Gasteiger charge is -2.25. The van der Waals surface area contributed by atoms with Crippen molar-refractivity contribution < 1.29 is 19.4 Å². The lowest BCUT2D eigenvalue weighted by Crippen LogP contribution is -2.42. The Hall–Kier alpha value is -2.08. The molecule has 0 aromatic heterocycles. The molecule has 20 heavy (non-hydrogen) atoms. The highest BCUT2D eigenvalue weighted by Gasteiger charge is 2.29. The molecule has 1 aromatic rings. The number of benzene rings is 1. The maximum Gasteiger partial charge on any atom is 0.266 e. The number of carbonyl (C=O) groups is 2. The molecule has 1 aliphatic rings. The summed E-state index contributed by atoms with van der Waals surface area (Å²) in [5.41, 5.74) is 1.64. The highest BCUT2D eigenvalue weighted by Crippen LogP contribution is 2.30. The fourth-order valence-electron chi connectivity index (χ4n) is 1.90. The first kappa shape index (κ1) is 14.3. The van der Waals surface area contributed by atoms with E-state index >= 15 is 0 Å². The summed E-state index contributed by atoms with van der Waals surface area (Å²) in [6.07, 6.45) is -1.55. The zero-order valence-electron chi connectivity index (χ0n) is 11.5. The standard InChI is InChI=1S/C14H18N2O4/c1-8-3-4-11-10(5-8)16-14(19)12(20-11)6-13(18)15-7-9(2)17/h3-5,9,12,17H,6-7H2,1-2H3,(H,15,18)(H,16,19). The average Bonchev–Trinajstić information content (AvgIpc) is 2.37. The molecule has 0 saturated carbocycles. The third kappa shape index (κ3) is 3.48. The summed E-state index contributed by atoms with van der Waals surface area (Å²) < 4.78 is 5.54. The summed E-state index contributed by atoms with van der Waals surface area (Å²) in [5.74, 6) is -0.111. The van der Waals surface area contributed by atoms with E-state index in [0.717, 1.165) is 5.56 Å². The van der Waals surface area contributed by atoms with E-state index in [1.165, 1.54) is 0 Å². The van der Waals surface area contributed by atoms with Crippen molar-refractivity contribution >= 4 is 17.5 Å². The molecule has 0 radical (unpaired) electrons. The van der Waals surface area contributed by atoms with Gasteiger partial charge in [0, 0.05) is 6.54 Å². The first-order valence-electron chi connectivity index (χ1n) is 6.48. The van der Waals surface area contributed by atoms with Crippen molar-refractivity contribution in [3.63, 3.8) is 0 Å². The van der Waals surface area contributed by atoms with Crippen molar-refractivity contribution in [2.45, 2.75) is 32.5 Å². The smallest absolute Gasteiger partial charge is 0.266 e. The average molecular weight is 278 g/mol. The number of hydrogen-bond acceptors (Lipinski definition) is 4. The number of rotatable bonds is 4. The molecular weight excluding hydrogens is 260 g/mol. The Bertz CT molecular complexity index is 528. The number of aliphatic hydroxyl groups is 1. The van der Waals surface area contributed by atoms with Crippen LogP contribution in [-0.2, 0) is 9.59 Å². The van der Waals surface area contributed by atoms with Crippen LogP contribution in [0.15, 0.2) is 18.2 Å². The molecule has 108 valence electrons. The van der Waals surface area contributed by atoms with E-state index in [0.29, 0.717) is 11.4 Å². The second-order valence-corrected chi connectivity index (χ2v) is 4.95. The van der Waals surface area contributed by atoms with Crippen LogP contribution in [0.2, 0.25) is 0 Å². The van der Waals surface area contributed by atoms with Crippen molar-refractivity contribution in [1.29, 1.82) is 0 Å². The number of anilines is 1. The van der Waals surface area contributed by atoms with E-state index < -0.39 is 12.2 Å². The highest BCUT2D eigenvalue weighted by molar-refractivity contribution is 6.00. The first-order chi connectivity index (χ1) is 9.45. The van der Waals surface area contributed by atoms with Crippen molar-refractivity contribution in [2.24, 2.45) is 0 Å². The van der Waals surface area contributed by atoms with Crippen molar-refractivity contribution in [3.8, 4) is 5.75 Å². The fraction of sp³-hybridized carbons (Fsp3) is 0.429.